The summed E-state index contributed by atoms with van der Waals surface area (Å²) in [6.07, 6.45) is -2.52. The Morgan fingerprint density at radius 2 is 1.84 bits per heavy atom. The SMILES string of the molecule is CCC(=O)NS(=O)(=O)c1cnccc1Nc1ccccc1C(F)(F)F. The lowest BCUT2D eigenvalue weighted by molar-refractivity contribution is -0.137. The first-order valence-electron chi connectivity index (χ1n) is 7.08. The summed E-state index contributed by atoms with van der Waals surface area (Å²) in [5, 5.41) is 2.45. The number of rotatable bonds is 5. The van der Waals surface area contributed by atoms with Crippen LogP contribution in [-0.2, 0) is 21.0 Å². The van der Waals surface area contributed by atoms with Gasteiger partial charge >= 0.3 is 6.18 Å². The quantitative estimate of drug-likeness (QED) is 0.841. The van der Waals surface area contributed by atoms with Crippen molar-refractivity contribution in [1.29, 1.82) is 0 Å². The van der Waals surface area contributed by atoms with E-state index in [0.29, 0.717) is 0 Å². The van der Waals surface area contributed by atoms with Gasteiger partial charge in [0.25, 0.3) is 10.0 Å². The maximum absolute atomic E-state index is 13.1. The zero-order valence-electron chi connectivity index (χ0n) is 13.0. The van der Waals surface area contributed by atoms with Crippen LogP contribution in [0.2, 0.25) is 0 Å². The fraction of sp³-hybridized carbons (Fsp3) is 0.200. The number of para-hydroxylation sites is 1. The molecular weight excluding hydrogens is 359 g/mol. The Morgan fingerprint density at radius 1 is 1.16 bits per heavy atom. The number of anilines is 2. The number of aromatic nitrogens is 1. The molecule has 0 atom stereocenters. The molecule has 0 saturated carbocycles. The van der Waals surface area contributed by atoms with Crippen molar-refractivity contribution in [3.05, 3.63) is 48.3 Å². The number of alkyl halides is 3. The van der Waals surface area contributed by atoms with Gasteiger partial charge < -0.3 is 5.32 Å². The Balaban J connectivity index is 2.46. The van der Waals surface area contributed by atoms with Crippen LogP contribution >= 0.6 is 0 Å². The standard InChI is InChI=1S/C15H14F3N3O3S/c1-2-14(22)21-25(23,24)13-9-19-8-7-12(13)20-11-6-4-3-5-10(11)15(16,17)18/h3-9H,2H2,1H3,(H,19,20)(H,21,22). The molecular formula is C15H14F3N3O3S. The average molecular weight is 373 g/mol. The molecule has 6 nitrogen and oxygen atoms in total. The molecule has 134 valence electrons. The minimum Gasteiger partial charge on any atom is -0.354 e. The van der Waals surface area contributed by atoms with Crippen LogP contribution < -0.4 is 10.0 Å². The molecule has 1 heterocycles. The molecule has 0 aliphatic carbocycles. The van der Waals surface area contributed by atoms with E-state index in [9.17, 15) is 26.4 Å². The van der Waals surface area contributed by atoms with Gasteiger partial charge in [-0.3, -0.25) is 9.78 Å². The van der Waals surface area contributed by atoms with Gasteiger partial charge in [-0.25, -0.2) is 13.1 Å². The molecule has 2 aromatic rings. The summed E-state index contributed by atoms with van der Waals surface area (Å²) >= 11 is 0. The molecule has 0 saturated heterocycles. The zero-order valence-corrected chi connectivity index (χ0v) is 13.8. The summed E-state index contributed by atoms with van der Waals surface area (Å²) < 4.78 is 65.6. The topological polar surface area (TPSA) is 88.2 Å². The third kappa shape index (κ3) is 4.47. The van der Waals surface area contributed by atoms with Gasteiger partial charge in [0.05, 0.1) is 16.9 Å². The third-order valence-electron chi connectivity index (χ3n) is 3.15. The Labute approximate surface area is 142 Å². The predicted octanol–water partition coefficient (Wildman–Crippen LogP) is 3.06. The molecule has 1 aromatic carbocycles. The second kappa shape index (κ2) is 7.09. The Bertz CT molecular complexity index is 883. The van der Waals surface area contributed by atoms with Gasteiger partial charge in [0.1, 0.15) is 4.90 Å². The monoisotopic (exact) mass is 373 g/mol. The second-order valence-corrected chi connectivity index (χ2v) is 6.57. The van der Waals surface area contributed by atoms with Crippen LogP contribution in [0.5, 0.6) is 0 Å². The summed E-state index contributed by atoms with van der Waals surface area (Å²) in [7, 11) is -4.28. The number of sulfonamides is 1. The van der Waals surface area contributed by atoms with E-state index in [1.807, 2.05) is 4.72 Å². The van der Waals surface area contributed by atoms with Crippen molar-refractivity contribution in [2.24, 2.45) is 0 Å². The van der Waals surface area contributed by atoms with Crippen LogP contribution in [0.4, 0.5) is 24.5 Å². The van der Waals surface area contributed by atoms with Crippen molar-refractivity contribution < 1.29 is 26.4 Å². The largest absolute Gasteiger partial charge is 0.418 e. The summed E-state index contributed by atoms with van der Waals surface area (Å²) in [6.45, 7) is 1.47. The number of pyridine rings is 1. The van der Waals surface area contributed by atoms with Crippen molar-refractivity contribution in [2.45, 2.75) is 24.4 Å². The van der Waals surface area contributed by atoms with Gasteiger partial charge in [0, 0.05) is 18.8 Å². The van der Waals surface area contributed by atoms with Gasteiger partial charge in [-0.1, -0.05) is 19.1 Å². The van der Waals surface area contributed by atoms with Crippen LogP contribution in [0, 0.1) is 0 Å². The fourth-order valence-electron chi connectivity index (χ4n) is 1.96. The third-order valence-corrected chi connectivity index (χ3v) is 4.55. The van der Waals surface area contributed by atoms with Gasteiger partial charge in [-0.05, 0) is 18.2 Å². The lowest BCUT2D eigenvalue weighted by atomic mass is 10.1. The van der Waals surface area contributed by atoms with E-state index in [1.54, 1.807) is 0 Å². The van der Waals surface area contributed by atoms with Crippen molar-refractivity contribution in [2.75, 3.05) is 5.32 Å². The molecule has 0 bridgehead atoms. The number of nitrogens with one attached hydrogen (secondary N) is 2. The molecule has 0 fully saturated rings. The molecule has 2 rings (SSSR count). The highest BCUT2D eigenvalue weighted by atomic mass is 32.2. The smallest absolute Gasteiger partial charge is 0.354 e. The molecule has 0 unspecified atom stereocenters. The molecule has 25 heavy (non-hydrogen) atoms. The van der Waals surface area contributed by atoms with E-state index in [1.165, 1.54) is 37.4 Å². The Hall–Kier alpha value is -2.62. The first kappa shape index (κ1) is 18.7. The molecule has 1 aromatic heterocycles. The minimum atomic E-state index is -4.62. The first-order chi connectivity index (χ1) is 11.6. The Morgan fingerprint density at radius 3 is 2.48 bits per heavy atom. The van der Waals surface area contributed by atoms with Crippen molar-refractivity contribution in [3.63, 3.8) is 0 Å². The highest BCUT2D eigenvalue weighted by Crippen LogP contribution is 2.36. The van der Waals surface area contributed by atoms with Crippen LogP contribution in [0.25, 0.3) is 0 Å². The molecule has 0 aliphatic rings. The van der Waals surface area contributed by atoms with E-state index >= 15 is 0 Å². The fourth-order valence-corrected chi connectivity index (χ4v) is 3.12. The normalized spacial score (nSPS) is 11.8. The molecule has 0 aliphatic heterocycles. The molecule has 1 amide bonds. The van der Waals surface area contributed by atoms with E-state index in [-0.39, 0.29) is 17.8 Å². The number of carbonyl (C=O) groups is 1. The van der Waals surface area contributed by atoms with E-state index in [4.69, 9.17) is 0 Å². The lowest BCUT2D eigenvalue weighted by Crippen LogP contribution is -2.30. The predicted molar refractivity (Wildman–Crippen MR) is 84.6 cm³/mol. The van der Waals surface area contributed by atoms with E-state index in [0.717, 1.165) is 12.3 Å². The second-order valence-electron chi connectivity index (χ2n) is 4.92. The minimum absolute atomic E-state index is 0.0703. The maximum atomic E-state index is 13.1. The van der Waals surface area contributed by atoms with Crippen molar-refractivity contribution in [1.82, 2.24) is 9.71 Å². The van der Waals surface area contributed by atoms with Crippen LogP contribution in [0.3, 0.4) is 0 Å². The van der Waals surface area contributed by atoms with Crippen molar-refractivity contribution >= 4 is 27.3 Å². The number of hydrogen-bond acceptors (Lipinski definition) is 5. The summed E-state index contributed by atoms with van der Waals surface area (Å²) in [5.41, 5.74) is -1.41. The highest BCUT2D eigenvalue weighted by molar-refractivity contribution is 7.90. The number of benzene rings is 1. The summed E-state index contributed by atoms with van der Waals surface area (Å²) in [5.74, 6) is -0.745. The molecule has 10 heteroatoms. The van der Waals surface area contributed by atoms with Crippen LogP contribution in [0.1, 0.15) is 18.9 Å². The van der Waals surface area contributed by atoms with Gasteiger partial charge in [-0.15, -0.1) is 0 Å². The molecule has 0 spiro atoms. The maximum Gasteiger partial charge on any atom is 0.418 e. The molecule has 2 N–H and O–H groups in total. The Kier molecular flexibility index (Phi) is 5.31. The first-order valence-corrected chi connectivity index (χ1v) is 8.56. The van der Waals surface area contributed by atoms with E-state index in [2.05, 4.69) is 10.3 Å². The van der Waals surface area contributed by atoms with Crippen LogP contribution in [-0.4, -0.2) is 19.3 Å². The summed E-state index contributed by atoms with van der Waals surface area (Å²) in [4.78, 5) is 14.6. The van der Waals surface area contributed by atoms with Gasteiger partial charge in [0.2, 0.25) is 5.91 Å². The van der Waals surface area contributed by atoms with Crippen LogP contribution in [0.15, 0.2) is 47.6 Å². The average Bonchev–Trinajstić information content (AvgIpc) is 2.54. The zero-order chi connectivity index (χ0) is 18.7. The van der Waals surface area contributed by atoms with Gasteiger partial charge in [0.15, 0.2) is 0 Å². The number of halogens is 3. The van der Waals surface area contributed by atoms with E-state index < -0.39 is 32.6 Å². The van der Waals surface area contributed by atoms with Gasteiger partial charge in [-0.2, -0.15) is 13.2 Å². The number of hydrogen-bond donors (Lipinski definition) is 2. The molecule has 0 radical (unpaired) electrons. The number of amides is 1. The number of carbonyl (C=O) groups excluding carboxylic acids is 1. The highest BCUT2D eigenvalue weighted by Gasteiger charge is 2.33. The number of nitrogens with zero attached hydrogens (tertiary/aromatic N) is 1. The van der Waals surface area contributed by atoms with Crippen molar-refractivity contribution in [3.8, 4) is 0 Å². The summed E-state index contributed by atoms with van der Waals surface area (Å²) in [6, 6.07) is 5.85. The lowest BCUT2D eigenvalue weighted by Gasteiger charge is -2.16.